The highest BCUT2D eigenvalue weighted by Crippen LogP contribution is 2.39. The van der Waals surface area contributed by atoms with Crippen molar-refractivity contribution >= 4 is 66.7 Å². The third-order valence-electron chi connectivity index (χ3n) is 5.92. The molecule has 0 radical (unpaired) electrons. The first-order valence-corrected chi connectivity index (χ1v) is 12.9. The van der Waals surface area contributed by atoms with Crippen molar-refractivity contribution in [2.75, 3.05) is 0 Å². The maximum Gasteiger partial charge on any atom is 0.139 e. The molecule has 1 N–H and O–H groups in total. The first-order valence-electron chi connectivity index (χ1n) is 10.7. The van der Waals surface area contributed by atoms with Crippen molar-refractivity contribution in [2.24, 2.45) is 0 Å². The summed E-state index contributed by atoms with van der Waals surface area (Å²) in [6.45, 7) is 0. The second-order valence-corrected chi connectivity index (χ2v) is 10.5. The fourth-order valence-corrected chi connectivity index (χ4v) is 5.54. The van der Waals surface area contributed by atoms with Gasteiger partial charge >= 0.3 is 0 Å². The van der Waals surface area contributed by atoms with E-state index in [0.717, 1.165) is 33.9 Å². The maximum atomic E-state index is 5.24. The number of nitrogens with zero attached hydrogens (tertiary/aromatic N) is 1. The van der Waals surface area contributed by atoms with E-state index in [1.54, 1.807) is 0 Å². The molecule has 0 saturated carbocycles. The van der Waals surface area contributed by atoms with Gasteiger partial charge in [-0.25, -0.2) is 4.98 Å². The first kappa shape index (κ1) is 20.9. The summed E-state index contributed by atoms with van der Waals surface area (Å²) in [5.41, 5.74) is 5.42. The predicted molar refractivity (Wildman–Crippen MR) is 155 cm³/mol. The van der Waals surface area contributed by atoms with E-state index in [1.165, 1.54) is 28.7 Å². The maximum absolute atomic E-state index is 5.24. The zero-order valence-corrected chi connectivity index (χ0v) is 21.8. The van der Waals surface area contributed by atoms with Gasteiger partial charge in [-0.15, -0.1) is 0 Å². The van der Waals surface area contributed by atoms with Crippen LogP contribution in [-0.2, 0) is 0 Å². The van der Waals surface area contributed by atoms with Crippen LogP contribution in [0, 0.1) is 7.14 Å². The molecule has 6 aromatic rings. The number of benzene rings is 5. The van der Waals surface area contributed by atoms with Gasteiger partial charge in [0, 0.05) is 23.8 Å². The number of nitrogens with one attached hydrogen (secondary N) is 1. The number of H-pyrrole nitrogens is 1. The smallest absolute Gasteiger partial charge is 0.139 e. The molecule has 6 rings (SSSR count). The summed E-state index contributed by atoms with van der Waals surface area (Å²) in [4.78, 5) is 8.96. The summed E-state index contributed by atoms with van der Waals surface area (Å²) >= 11 is 4.74. The number of aromatic nitrogens is 2. The summed E-state index contributed by atoms with van der Waals surface area (Å²) in [6.07, 6.45) is 0. The minimum Gasteiger partial charge on any atom is -0.337 e. The summed E-state index contributed by atoms with van der Waals surface area (Å²) in [6, 6.07) is 36.5. The highest BCUT2D eigenvalue weighted by molar-refractivity contribution is 14.1. The summed E-state index contributed by atoms with van der Waals surface area (Å²) < 4.78 is 2.39. The Labute approximate surface area is 219 Å². The lowest BCUT2D eigenvalue weighted by Gasteiger charge is -2.09. The Morgan fingerprint density at radius 1 is 0.576 bits per heavy atom. The Balaban J connectivity index is 1.70. The Morgan fingerprint density at radius 3 is 1.79 bits per heavy atom. The predicted octanol–water partition coefficient (Wildman–Crippen LogP) is 8.93. The van der Waals surface area contributed by atoms with Crippen LogP contribution in [0.4, 0.5) is 0 Å². The first-order chi connectivity index (χ1) is 16.2. The van der Waals surface area contributed by atoms with E-state index in [2.05, 4.69) is 153 Å². The van der Waals surface area contributed by atoms with Crippen LogP contribution in [0.1, 0.15) is 0 Å². The molecule has 0 aliphatic rings. The molecule has 0 aliphatic carbocycles. The van der Waals surface area contributed by atoms with Crippen LogP contribution < -0.4 is 0 Å². The van der Waals surface area contributed by atoms with Crippen molar-refractivity contribution < 1.29 is 0 Å². The third kappa shape index (κ3) is 3.85. The highest BCUT2D eigenvalue weighted by atomic mass is 127. The van der Waals surface area contributed by atoms with Gasteiger partial charge in [-0.1, -0.05) is 72.8 Å². The average Bonchev–Trinajstić information content (AvgIpc) is 3.27. The van der Waals surface area contributed by atoms with Crippen molar-refractivity contribution in [3.8, 4) is 33.9 Å². The lowest BCUT2D eigenvalue weighted by Crippen LogP contribution is -1.87. The number of hydrogen-bond donors (Lipinski definition) is 1. The van der Waals surface area contributed by atoms with Gasteiger partial charge in [0.25, 0.3) is 0 Å². The van der Waals surface area contributed by atoms with Crippen LogP contribution in [0.3, 0.4) is 0 Å². The van der Waals surface area contributed by atoms with Crippen LogP contribution in [0.25, 0.3) is 55.4 Å². The molecule has 5 aromatic carbocycles. The van der Waals surface area contributed by atoms with E-state index in [9.17, 15) is 0 Å². The van der Waals surface area contributed by atoms with E-state index in [1.807, 2.05) is 0 Å². The van der Waals surface area contributed by atoms with Gasteiger partial charge in [-0.05, 0) is 97.1 Å². The van der Waals surface area contributed by atoms with Crippen LogP contribution in [0.2, 0.25) is 0 Å². The van der Waals surface area contributed by atoms with Crippen molar-refractivity contribution in [3.63, 3.8) is 0 Å². The van der Waals surface area contributed by atoms with Crippen LogP contribution in [0.15, 0.2) is 103 Å². The lowest BCUT2D eigenvalue weighted by molar-refractivity contribution is 1.32. The molecule has 1 heterocycles. The zero-order valence-electron chi connectivity index (χ0n) is 17.5. The monoisotopic (exact) mass is 648 g/mol. The van der Waals surface area contributed by atoms with E-state index in [0.29, 0.717) is 0 Å². The normalized spacial score (nSPS) is 11.3. The van der Waals surface area contributed by atoms with Gasteiger partial charge < -0.3 is 4.98 Å². The van der Waals surface area contributed by atoms with Crippen LogP contribution in [-0.4, -0.2) is 9.97 Å². The Bertz CT molecular complexity index is 1530. The summed E-state index contributed by atoms with van der Waals surface area (Å²) in [5.74, 6) is 0.894. The van der Waals surface area contributed by atoms with Crippen LogP contribution >= 0.6 is 45.2 Å². The Morgan fingerprint density at radius 2 is 1.15 bits per heavy atom. The van der Waals surface area contributed by atoms with Gasteiger partial charge in [0.2, 0.25) is 0 Å². The molecule has 0 bridgehead atoms. The van der Waals surface area contributed by atoms with Gasteiger partial charge in [0.1, 0.15) is 5.82 Å². The molecular formula is C29H18I2N2. The quantitative estimate of drug-likeness (QED) is 0.151. The molecule has 0 aliphatic heterocycles. The number of aromatic amines is 1. The van der Waals surface area contributed by atoms with Gasteiger partial charge in [0.15, 0.2) is 0 Å². The molecule has 0 saturated heterocycles. The molecule has 158 valence electrons. The molecule has 1 aromatic heterocycles. The molecule has 0 fully saturated rings. The molecular weight excluding hydrogens is 630 g/mol. The third-order valence-corrected chi connectivity index (χ3v) is 7.27. The second-order valence-electron chi connectivity index (χ2n) is 8.02. The molecule has 0 amide bonds. The molecule has 0 spiro atoms. The van der Waals surface area contributed by atoms with Crippen LogP contribution in [0.5, 0.6) is 0 Å². The fraction of sp³-hybridized carbons (Fsp3) is 0. The van der Waals surface area contributed by atoms with E-state index < -0.39 is 0 Å². The number of fused-ring (bicyclic) bond motifs is 2. The minimum atomic E-state index is 0.894. The highest BCUT2D eigenvalue weighted by Gasteiger charge is 2.19. The Kier molecular flexibility index (Phi) is 5.42. The van der Waals surface area contributed by atoms with E-state index in [-0.39, 0.29) is 0 Å². The number of halogens is 2. The summed E-state index contributed by atoms with van der Waals surface area (Å²) in [5, 5.41) is 4.84. The summed E-state index contributed by atoms with van der Waals surface area (Å²) in [7, 11) is 0. The second kappa shape index (κ2) is 8.57. The van der Waals surface area contributed by atoms with Gasteiger partial charge in [-0.2, -0.15) is 0 Å². The van der Waals surface area contributed by atoms with E-state index in [4.69, 9.17) is 4.98 Å². The topological polar surface area (TPSA) is 28.7 Å². The van der Waals surface area contributed by atoms with Crippen molar-refractivity contribution in [1.29, 1.82) is 0 Å². The number of imidazole rings is 1. The molecule has 4 heteroatoms. The van der Waals surface area contributed by atoms with Crippen molar-refractivity contribution in [3.05, 3.63) is 110 Å². The molecule has 2 nitrogen and oxygen atoms in total. The molecule has 0 unspecified atom stereocenters. The lowest BCUT2D eigenvalue weighted by atomic mass is 9.96. The van der Waals surface area contributed by atoms with Crippen molar-refractivity contribution in [1.82, 2.24) is 9.97 Å². The van der Waals surface area contributed by atoms with Gasteiger partial charge in [0.05, 0.1) is 11.4 Å². The van der Waals surface area contributed by atoms with E-state index >= 15 is 0 Å². The molecule has 0 atom stereocenters. The van der Waals surface area contributed by atoms with Gasteiger partial charge in [-0.3, -0.25) is 0 Å². The number of rotatable bonds is 3. The number of hydrogen-bond acceptors (Lipinski definition) is 1. The average molecular weight is 648 g/mol. The minimum absolute atomic E-state index is 0.894. The SMILES string of the molecule is Ic1cccc(-c2nc(-c3c4ccccc4cc4ccccc34)[nH]c2-c2cccc(I)c2)c1. The fourth-order valence-electron chi connectivity index (χ4n) is 4.46. The molecule has 33 heavy (non-hydrogen) atoms. The zero-order chi connectivity index (χ0) is 22.4. The largest absolute Gasteiger partial charge is 0.337 e. The standard InChI is InChI=1S/C29H18I2N2/c30-22-11-5-9-20(16-22)27-28(21-10-6-12-23(31)17-21)33-29(32-27)26-24-13-3-1-7-18(24)15-19-8-2-4-14-25(19)26/h1-17H,(H,32,33). The Hall–Kier alpha value is -2.71. The van der Waals surface area contributed by atoms with Crippen molar-refractivity contribution in [2.45, 2.75) is 0 Å².